The molecule has 35 heavy (non-hydrogen) atoms. The molecule has 0 unspecified atom stereocenters. The molecule has 5 rings (SSSR count). The van der Waals surface area contributed by atoms with Gasteiger partial charge in [0, 0.05) is 23.7 Å². The number of aliphatic hydroxyl groups is 1. The number of alkyl halides is 3. The number of likely N-dealkylation sites (tertiary alicyclic amines) is 1. The Bertz CT molecular complexity index is 1240. The van der Waals surface area contributed by atoms with Gasteiger partial charge in [-0.3, -0.25) is 9.58 Å². The smallest absolute Gasteiger partial charge is 0.389 e. The third kappa shape index (κ3) is 4.46. The minimum absolute atomic E-state index is 0.0437. The van der Waals surface area contributed by atoms with Crippen molar-refractivity contribution in [2.24, 2.45) is 7.05 Å². The van der Waals surface area contributed by atoms with Crippen molar-refractivity contribution < 1.29 is 23.0 Å². The maximum atomic E-state index is 13.4. The van der Waals surface area contributed by atoms with Gasteiger partial charge in [0.2, 0.25) is 5.95 Å². The highest BCUT2D eigenvalue weighted by Gasteiger charge is 2.45. The molecule has 1 aromatic carbocycles. The lowest BCUT2D eigenvalue weighted by molar-refractivity contribution is -0.143. The van der Waals surface area contributed by atoms with E-state index in [0.29, 0.717) is 29.1 Å². The minimum Gasteiger partial charge on any atom is -0.389 e. The standard InChI is InChI=1S/C23H26ClF3N6O2/c1-22(12-35-11-19(22)34)33-5-3-13(4-6-33)15-8-17-14(7-16(15)24)9-28-21(30-17)31-18-10-29-32(2)20(18)23(25,26)27/h7-10,13,19,34H,3-6,11-12H2,1-2H3,(H,28,30,31)/t19-,22+/m0/s1. The molecule has 3 aromatic rings. The van der Waals surface area contributed by atoms with Crippen molar-refractivity contribution in [3.05, 3.63) is 40.8 Å². The van der Waals surface area contributed by atoms with Crippen molar-refractivity contribution in [1.29, 1.82) is 0 Å². The van der Waals surface area contributed by atoms with Crippen LogP contribution in [0, 0.1) is 0 Å². The molecule has 2 N–H and O–H groups in total. The van der Waals surface area contributed by atoms with Gasteiger partial charge in [-0.2, -0.15) is 18.3 Å². The number of ether oxygens (including phenoxy) is 1. The number of aromatic nitrogens is 4. The number of anilines is 2. The minimum atomic E-state index is -4.57. The van der Waals surface area contributed by atoms with Crippen molar-refractivity contribution in [2.75, 3.05) is 31.6 Å². The number of rotatable bonds is 4. The van der Waals surface area contributed by atoms with Gasteiger partial charge in [0.05, 0.1) is 42.3 Å². The number of piperidine rings is 1. The number of hydrogen-bond acceptors (Lipinski definition) is 7. The molecule has 2 atom stereocenters. The normalized spacial score (nSPS) is 24.4. The van der Waals surface area contributed by atoms with E-state index in [1.807, 2.05) is 13.0 Å². The van der Waals surface area contributed by atoms with Crippen molar-refractivity contribution in [3.8, 4) is 0 Å². The molecular weight excluding hydrogens is 485 g/mol. The number of fused-ring (bicyclic) bond motifs is 1. The Labute approximate surface area is 205 Å². The number of hydrogen-bond donors (Lipinski definition) is 2. The van der Waals surface area contributed by atoms with Crippen molar-refractivity contribution in [3.63, 3.8) is 0 Å². The number of halogens is 4. The zero-order valence-electron chi connectivity index (χ0n) is 19.3. The van der Waals surface area contributed by atoms with E-state index in [4.69, 9.17) is 16.3 Å². The van der Waals surface area contributed by atoms with E-state index >= 15 is 0 Å². The van der Waals surface area contributed by atoms with Crippen LogP contribution in [-0.2, 0) is 18.0 Å². The summed E-state index contributed by atoms with van der Waals surface area (Å²) in [6.45, 7) is 4.50. The van der Waals surface area contributed by atoms with Crippen LogP contribution in [0.15, 0.2) is 24.5 Å². The summed E-state index contributed by atoms with van der Waals surface area (Å²) in [5.41, 5.74) is 0.0410. The van der Waals surface area contributed by atoms with Gasteiger partial charge in [0.15, 0.2) is 5.69 Å². The second-order valence-corrected chi connectivity index (χ2v) is 9.84. The fourth-order valence-electron chi connectivity index (χ4n) is 5.08. The van der Waals surface area contributed by atoms with Gasteiger partial charge in [-0.15, -0.1) is 0 Å². The third-order valence-electron chi connectivity index (χ3n) is 7.20. The van der Waals surface area contributed by atoms with Crippen LogP contribution in [0.3, 0.4) is 0 Å². The molecule has 0 aliphatic carbocycles. The molecule has 0 bridgehead atoms. The SMILES string of the molecule is Cn1ncc(Nc2ncc3cc(Cl)c(C4CCN([C@]5(C)COC[C@@H]5O)CC4)cc3n2)c1C(F)(F)F. The molecule has 2 aromatic heterocycles. The number of aryl methyl sites for hydroxylation is 1. The van der Waals surface area contributed by atoms with Crippen LogP contribution in [0.5, 0.6) is 0 Å². The van der Waals surface area contributed by atoms with Gasteiger partial charge in [-0.05, 0) is 56.5 Å². The highest BCUT2D eigenvalue weighted by atomic mass is 35.5. The van der Waals surface area contributed by atoms with Gasteiger partial charge < -0.3 is 15.2 Å². The fourth-order valence-corrected chi connectivity index (χ4v) is 5.41. The highest BCUT2D eigenvalue weighted by molar-refractivity contribution is 6.32. The van der Waals surface area contributed by atoms with Gasteiger partial charge in [-0.1, -0.05) is 11.6 Å². The first-order chi connectivity index (χ1) is 16.6. The molecule has 4 heterocycles. The third-order valence-corrected chi connectivity index (χ3v) is 7.52. The Balaban J connectivity index is 1.37. The van der Waals surface area contributed by atoms with Crippen molar-refractivity contribution in [1.82, 2.24) is 24.6 Å². The molecule has 2 saturated heterocycles. The Morgan fingerprint density at radius 1 is 1.23 bits per heavy atom. The molecule has 0 radical (unpaired) electrons. The molecule has 2 fully saturated rings. The number of nitrogens with one attached hydrogen (secondary N) is 1. The molecular formula is C23H26ClF3N6O2. The Morgan fingerprint density at radius 2 is 1.97 bits per heavy atom. The van der Waals surface area contributed by atoms with E-state index in [9.17, 15) is 18.3 Å². The van der Waals surface area contributed by atoms with Crippen LogP contribution in [-0.4, -0.2) is 67.7 Å². The fraction of sp³-hybridized carbons (Fsp3) is 0.522. The first-order valence-corrected chi connectivity index (χ1v) is 11.8. The van der Waals surface area contributed by atoms with Crippen LogP contribution >= 0.6 is 11.6 Å². The Morgan fingerprint density at radius 3 is 2.63 bits per heavy atom. The maximum Gasteiger partial charge on any atom is 0.435 e. The molecule has 188 valence electrons. The Kier molecular flexibility index (Phi) is 6.15. The predicted octanol–water partition coefficient (Wildman–Crippen LogP) is 4.11. The molecule has 0 amide bonds. The summed E-state index contributed by atoms with van der Waals surface area (Å²) in [4.78, 5) is 10.9. The van der Waals surface area contributed by atoms with E-state index in [-0.39, 0.29) is 23.1 Å². The molecule has 0 saturated carbocycles. The topological polar surface area (TPSA) is 88.3 Å². The van der Waals surface area contributed by atoms with Crippen molar-refractivity contribution >= 4 is 34.1 Å². The average molecular weight is 511 g/mol. The lowest BCUT2D eigenvalue weighted by Gasteiger charge is -2.43. The van der Waals surface area contributed by atoms with Crippen LogP contribution in [0.25, 0.3) is 10.9 Å². The zero-order valence-corrected chi connectivity index (χ0v) is 20.1. The largest absolute Gasteiger partial charge is 0.435 e. The highest BCUT2D eigenvalue weighted by Crippen LogP contribution is 2.39. The molecule has 2 aliphatic rings. The maximum absolute atomic E-state index is 13.4. The van der Waals surface area contributed by atoms with Gasteiger partial charge in [0.25, 0.3) is 0 Å². The summed E-state index contributed by atoms with van der Waals surface area (Å²) >= 11 is 6.61. The van der Waals surface area contributed by atoms with Gasteiger partial charge in [-0.25, -0.2) is 9.97 Å². The van der Waals surface area contributed by atoms with Gasteiger partial charge in [0.1, 0.15) is 0 Å². The second kappa shape index (κ2) is 8.88. The first-order valence-electron chi connectivity index (χ1n) is 11.4. The molecule has 12 heteroatoms. The Hall–Kier alpha value is -2.47. The molecule has 0 spiro atoms. The zero-order chi connectivity index (χ0) is 25.0. The van der Waals surface area contributed by atoms with Crippen LogP contribution in [0.4, 0.5) is 24.8 Å². The number of nitrogens with zero attached hydrogens (tertiary/aromatic N) is 5. The van der Waals surface area contributed by atoms with Gasteiger partial charge >= 0.3 is 6.18 Å². The quantitative estimate of drug-likeness (QED) is 0.546. The number of benzene rings is 1. The summed E-state index contributed by atoms with van der Waals surface area (Å²) in [6, 6.07) is 3.69. The van der Waals surface area contributed by atoms with E-state index < -0.39 is 18.0 Å². The summed E-state index contributed by atoms with van der Waals surface area (Å²) in [5.74, 6) is 0.245. The summed E-state index contributed by atoms with van der Waals surface area (Å²) in [7, 11) is 1.23. The van der Waals surface area contributed by atoms with E-state index in [1.165, 1.54) is 13.2 Å². The summed E-state index contributed by atoms with van der Waals surface area (Å²) in [5, 5.41) is 18.0. The second-order valence-electron chi connectivity index (χ2n) is 9.43. The van der Waals surface area contributed by atoms with Crippen LogP contribution < -0.4 is 5.32 Å². The summed E-state index contributed by atoms with van der Waals surface area (Å²) < 4.78 is 46.4. The molecule has 8 nitrogen and oxygen atoms in total. The lowest BCUT2D eigenvalue weighted by Crippen LogP contribution is -2.56. The average Bonchev–Trinajstić information content (AvgIpc) is 3.35. The monoisotopic (exact) mass is 510 g/mol. The van der Waals surface area contributed by atoms with E-state index in [0.717, 1.165) is 42.4 Å². The van der Waals surface area contributed by atoms with Crippen molar-refractivity contribution in [2.45, 2.75) is 43.5 Å². The van der Waals surface area contributed by atoms with E-state index in [2.05, 4.69) is 25.3 Å². The summed E-state index contributed by atoms with van der Waals surface area (Å²) in [6.07, 6.45) is -0.733. The number of aliphatic hydroxyl groups excluding tert-OH is 1. The van der Waals surface area contributed by atoms with Crippen LogP contribution in [0.2, 0.25) is 5.02 Å². The van der Waals surface area contributed by atoms with Crippen LogP contribution in [0.1, 0.15) is 36.9 Å². The first kappa shape index (κ1) is 24.2. The molecule has 2 aliphatic heterocycles. The lowest BCUT2D eigenvalue weighted by atomic mass is 9.85. The van der Waals surface area contributed by atoms with E-state index in [1.54, 1.807) is 6.07 Å². The predicted molar refractivity (Wildman–Crippen MR) is 125 cm³/mol.